The lowest BCUT2D eigenvalue weighted by molar-refractivity contribution is -0.118. The second-order valence-corrected chi connectivity index (χ2v) is 7.76. The van der Waals surface area contributed by atoms with Gasteiger partial charge in [-0.1, -0.05) is 36.5 Å². The van der Waals surface area contributed by atoms with Crippen molar-refractivity contribution in [2.75, 3.05) is 6.54 Å². The maximum absolute atomic E-state index is 12.6. The van der Waals surface area contributed by atoms with E-state index in [9.17, 15) is 14.4 Å². The Morgan fingerprint density at radius 3 is 2.39 bits per heavy atom. The molecule has 0 spiro atoms. The van der Waals surface area contributed by atoms with Gasteiger partial charge in [0.1, 0.15) is 6.54 Å². The zero-order valence-corrected chi connectivity index (χ0v) is 16.5. The van der Waals surface area contributed by atoms with E-state index in [0.717, 1.165) is 33.6 Å². The number of amides is 3. The largest absolute Gasteiger partial charge is 0.316 e. The highest BCUT2D eigenvalue weighted by Gasteiger charge is 2.36. The number of benzene rings is 2. The van der Waals surface area contributed by atoms with Gasteiger partial charge in [-0.3, -0.25) is 19.3 Å². The van der Waals surface area contributed by atoms with Gasteiger partial charge in [0.05, 0.1) is 21.3 Å². The zero-order chi connectivity index (χ0) is 19.8. The number of hydrogen-bond donors (Lipinski definition) is 0. The molecule has 7 heteroatoms. The van der Waals surface area contributed by atoms with Gasteiger partial charge in [0.25, 0.3) is 17.7 Å². The number of hydrogen-bond acceptors (Lipinski definition) is 4. The van der Waals surface area contributed by atoms with Crippen LogP contribution < -0.4 is 4.80 Å². The molecule has 0 atom stereocenters. The molecule has 6 nitrogen and oxygen atoms in total. The number of aromatic nitrogens is 1. The van der Waals surface area contributed by atoms with Crippen molar-refractivity contribution >= 4 is 39.3 Å². The Morgan fingerprint density at radius 2 is 1.75 bits per heavy atom. The van der Waals surface area contributed by atoms with Gasteiger partial charge >= 0.3 is 0 Å². The summed E-state index contributed by atoms with van der Waals surface area (Å²) in [6.07, 6.45) is 0.902. The maximum atomic E-state index is 12.6. The fourth-order valence-electron chi connectivity index (χ4n) is 3.37. The summed E-state index contributed by atoms with van der Waals surface area (Å²) in [6.45, 7) is 4.47. The first-order chi connectivity index (χ1) is 13.5. The third-order valence-corrected chi connectivity index (χ3v) is 5.72. The van der Waals surface area contributed by atoms with Crippen LogP contribution in [-0.2, 0) is 11.3 Å². The molecule has 3 amide bonds. The van der Waals surface area contributed by atoms with Crippen LogP contribution in [0.15, 0.2) is 47.5 Å². The lowest BCUT2D eigenvalue weighted by atomic mass is 10.1. The Morgan fingerprint density at radius 1 is 1.07 bits per heavy atom. The fourth-order valence-corrected chi connectivity index (χ4v) is 4.54. The first-order valence-electron chi connectivity index (χ1n) is 9.12. The van der Waals surface area contributed by atoms with Crippen LogP contribution >= 0.6 is 11.3 Å². The van der Waals surface area contributed by atoms with Crippen molar-refractivity contribution in [3.63, 3.8) is 0 Å². The Kier molecular flexibility index (Phi) is 4.68. The minimum absolute atomic E-state index is 0.332. The molecule has 142 valence electrons. The second kappa shape index (κ2) is 7.16. The number of carbonyl (C=O) groups is 3. The minimum Gasteiger partial charge on any atom is -0.316 e. The number of carbonyl (C=O) groups excluding carboxylic acids is 3. The molecule has 3 aromatic rings. The summed E-state index contributed by atoms with van der Waals surface area (Å²) in [5.74, 6) is -1.40. The van der Waals surface area contributed by atoms with Crippen molar-refractivity contribution in [3.05, 3.63) is 64.0 Å². The number of imide groups is 1. The molecule has 0 unspecified atom stereocenters. The molecule has 4 rings (SSSR count). The molecule has 0 saturated heterocycles. The average molecular weight is 393 g/mol. The van der Waals surface area contributed by atoms with Gasteiger partial charge in [0.15, 0.2) is 4.80 Å². The fraction of sp³-hybridized carbons (Fsp3) is 0.238. The van der Waals surface area contributed by atoms with Crippen LogP contribution in [0, 0.1) is 6.92 Å². The first kappa shape index (κ1) is 18.3. The van der Waals surface area contributed by atoms with Crippen molar-refractivity contribution in [1.82, 2.24) is 9.47 Å². The first-order valence-corrected chi connectivity index (χ1v) is 9.94. The van der Waals surface area contributed by atoms with E-state index in [1.807, 2.05) is 23.6 Å². The molecule has 0 fully saturated rings. The highest BCUT2D eigenvalue weighted by Crippen LogP contribution is 2.22. The summed E-state index contributed by atoms with van der Waals surface area (Å²) in [5.41, 5.74) is 2.84. The van der Waals surface area contributed by atoms with Gasteiger partial charge in [0.2, 0.25) is 0 Å². The van der Waals surface area contributed by atoms with E-state index in [4.69, 9.17) is 0 Å². The third kappa shape index (κ3) is 3.07. The van der Waals surface area contributed by atoms with E-state index in [-0.39, 0.29) is 6.54 Å². The predicted molar refractivity (Wildman–Crippen MR) is 107 cm³/mol. The Hall–Kier alpha value is -3.06. The highest BCUT2D eigenvalue weighted by atomic mass is 32.1. The van der Waals surface area contributed by atoms with Crippen LogP contribution in [0.2, 0.25) is 0 Å². The summed E-state index contributed by atoms with van der Waals surface area (Å²) in [4.78, 5) is 43.3. The SMILES string of the molecule is CCCn1c(=NC(=O)CN2C(=O)c3ccccc3C2=O)sc2cc(C)ccc21. The summed E-state index contributed by atoms with van der Waals surface area (Å²) in [6, 6.07) is 12.7. The third-order valence-electron chi connectivity index (χ3n) is 4.68. The van der Waals surface area contributed by atoms with E-state index < -0.39 is 17.7 Å². The summed E-state index contributed by atoms with van der Waals surface area (Å²) in [7, 11) is 0. The normalized spacial score (nSPS) is 14.2. The van der Waals surface area contributed by atoms with Crippen molar-refractivity contribution < 1.29 is 14.4 Å². The van der Waals surface area contributed by atoms with E-state index in [1.54, 1.807) is 24.3 Å². The standard InChI is InChI=1S/C21H19N3O3S/c1-3-10-23-16-9-8-13(2)11-17(16)28-21(23)22-18(25)12-24-19(26)14-6-4-5-7-15(14)20(24)27/h4-9,11H,3,10,12H2,1-2H3. The topological polar surface area (TPSA) is 71.7 Å². The summed E-state index contributed by atoms with van der Waals surface area (Å²) in [5, 5.41) is 0. The van der Waals surface area contributed by atoms with Crippen LogP contribution in [0.25, 0.3) is 10.2 Å². The van der Waals surface area contributed by atoms with Crippen LogP contribution in [0.4, 0.5) is 0 Å². The van der Waals surface area contributed by atoms with Crippen LogP contribution in [0.3, 0.4) is 0 Å². The average Bonchev–Trinajstić information content (AvgIpc) is 3.12. The minimum atomic E-state index is -0.511. The number of aryl methyl sites for hydroxylation is 2. The van der Waals surface area contributed by atoms with E-state index in [1.165, 1.54) is 11.3 Å². The van der Waals surface area contributed by atoms with E-state index >= 15 is 0 Å². The van der Waals surface area contributed by atoms with Gasteiger partial charge in [-0.2, -0.15) is 4.99 Å². The summed E-state index contributed by atoms with van der Waals surface area (Å²) >= 11 is 1.44. The predicted octanol–water partition coefficient (Wildman–Crippen LogP) is 3.14. The molecule has 0 bridgehead atoms. The molecule has 1 aliphatic rings. The van der Waals surface area contributed by atoms with Crippen LogP contribution in [0.5, 0.6) is 0 Å². The van der Waals surface area contributed by atoms with Crippen molar-refractivity contribution in [2.24, 2.45) is 4.99 Å². The second-order valence-electron chi connectivity index (χ2n) is 6.76. The Bertz CT molecular complexity index is 1150. The monoisotopic (exact) mass is 393 g/mol. The maximum Gasteiger partial charge on any atom is 0.268 e. The van der Waals surface area contributed by atoms with Gasteiger partial charge < -0.3 is 4.57 Å². The summed E-state index contributed by atoms with van der Waals surface area (Å²) < 4.78 is 3.07. The van der Waals surface area contributed by atoms with E-state index in [2.05, 4.69) is 18.0 Å². The number of fused-ring (bicyclic) bond motifs is 2. The molecule has 1 aliphatic heterocycles. The Balaban J connectivity index is 1.67. The lowest BCUT2D eigenvalue weighted by Crippen LogP contribution is -2.35. The molecule has 0 saturated carbocycles. The van der Waals surface area contributed by atoms with Crippen LogP contribution in [0.1, 0.15) is 39.6 Å². The highest BCUT2D eigenvalue weighted by molar-refractivity contribution is 7.16. The van der Waals surface area contributed by atoms with Crippen molar-refractivity contribution in [3.8, 4) is 0 Å². The van der Waals surface area contributed by atoms with Crippen LogP contribution in [-0.4, -0.2) is 33.7 Å². The molecule has 1 aromatic heterocycles. The van der Waals surface area contributed by atoms with Crippen molar-refractivity contribution in [1.29, 1.82) is 0 Å². The van der Waals surface area contributed by atoms with Gasteiger partial charge in [-0.15, -0.1) is 0 Å². The smallest absolute Gasteiger partial charge is 0.268 e. The Labute approximate surface area is 165 Å². The molecule has 0 radical (unpaired) electrons. The molecule has 2 heterocycles. The van der Waals surface area contributed by atoms with Gasteiger partial charge in [0, 0.05) is 6.54 Å². The molecular weight excluding hydrogens is 374 g/mol. The number of nitrogens with zero attached hydrogens (tertiary/aromatic N) is 3. The molecule has 0 aliphatic carbocycles. The van der Waals surface area contributed by atoms with Gasteiger partial charge in [-0.05, 0) is 43.2 Å². The lowest BCUT2D eigenvalue weighted by Gasteiger charge is -2.10. The van der Waals surface area contributed by atoms with Crippen molar-refractivity contribution in [2.45, 2.75) is 26.8 Å². The number of rotatable bonds is 4. The molecular formula is C21H19N3O3S. The van der Waals surface area contributed by atoms with E-state index in [0.29, 0.717) is 15.9 Å². The molecule has 0 N–H and O–H groups in total. The van der Waals surface area contributed by atoms with Gasteiger partial charge in [-0.25, -0.2) is 0 Å². The molecule has 2 aromatic carbocycles. The quantitative estimate of drug-likeness (QED) is 0.639. The number of thiazole rings is 1. The zero-order valence-electron chi connectivity index (χ0n) is 15.6. The molecule has 28 heavy (non-hydrogen) atoms.